The first-order valence-corrected chi connectivity index (χ1v) is 4.97. The maximum atomic E-state index is 9.77. The molecule has 0 aliphatic heterocycles. The molecule has 0 radical (unpaired) electrons. The van der Waals surface area contributed by atoms with Gasteiger partial charge in [0, 0.05) is 12.4 Å². The fourth-order valence-electron chi connectivity index (χ4n) is 1.30. The Labute approximate surface area is 84.2 Å². The van der Waals surface area contributed by atoms with Crippen LogP contribution in [0.5, 0.6) is 0 Å². The topological polar surface area (TPSA) is 46.0 Å². The van der Waals surface area contributed by atoms with E-state index in [4.69, 9.17) is 0 Å². The van der Waals surface area contributed by atoms with Crippen LogP contribution in [0.4, 0.5) is 0 Å². The van der Waals surface area contributed by atoms with E-state index in [9.17, 15) is 5.11 Å². The molecular formula is C11H16N2O. The fraction of sp³-hybridized carbons (Fsp3) is 0.636. The molecular weight excluding hydrogens is 176 g/mol. The largest absolute Gasteiger partial charge is 0.382 e. The van der Waals surface area contributed by atoms with Crippen LogP contribution < -0.4 is 0 Å². The van der Waals surface area contributed by atoms with E-state index in [1.807, 2.05) is 12.4 Å². The Bertz CT molecular complexity index is 309. The highest BCUT2D eigenvalue weighted by molar-refractivity contribution is 5.19. The maximum absolute atomic E-state index is 9.77. The molecule has 14 heavy (non-hydrogen) atoms. The second-order valence-electron chi connectivity index (χ2n) is 5.08. The first-order chi connectivity index (χ1) is 6.42. The predicted octanol–water partition coefficient (Wildman–Crippen LogP) is 1.76. The summed E-state index contributed by atoms with van der Waals surface area (Å²) in [4.78, 5) is 8.44. The smallest absolute Gasteiger partial charge is 0.159 e. The molecule has 0 unspecified atom stereocenters. The van der Waals surface area contributed by atoms with Gasteiger partial charge in [0.2, 0.25) is 0 Å². The van der Waals surface area contributed by atoms with Gasteiger partial charge in [-0.05, 0) is 23.8 Å². The molecule has 0 aromatic carbocycles. The quantitative estimate of drug-likeness (QED) is 0.737. The van der Waals surface area contributed by atoms with E-state index in [1.165, 1.54) is 0 Å². The van der Waals surface area contributed by atoms with Gasteiger partial charge in [-0.2, -0.15) is 0 Å². The summed E-state index contributed by atoms with van der Waals surface area (Å²) in [5, 5.41) is 9.77. The normalized spacial score (nSPS) is 19.4. The van der Waals surface area contributed by atoms with Crippen LogP contribution in [0.25, 0.3) is 0 Å². The molecule has 76 valence electrons. The standard InChI is InChI=1S/C11H16N2O/c1-10(2,3)8-6-12-9(13-7-8)11(14)4-5-11/h6-7,14H,4-5H2,1-3H3. The molecule has 1 heterocycles. The van der Waals surface area contributed by atoms with Crippen LogP contribution in [-0.4, -0.2) is 15.1 Å². The van der Waals surface area contributed by atoms with Gasteiger partial charge in [-0.15, -0.1) is 0 Å². The molecule has 0 saturated heterocycles. The van der Waals surface area contributed by atoms with Crippen molar-refractivity contribution in [3.63, 3.8) is 0 Å². The highest BCUT2D eigenvalue weighted by Gasteiger charge is 2.45. The SMILES string of the molecule is CC(C)(C)c1cnc(C2(O)CC2)nc1. The third-order valence-corrected chi connectivity index (χ3v) is 2.66. The van der Waals surface area contributed by atoms with Gasteiger partial charge in [-0.1, -0.05) is 20.8 Å². The maximum Gasteiger partial charge on any atom is 0.159 e. The zero-order valence-corrected chi connectivity index (χ0v) is 8.91. The summed E-state index contributed by atoms with van der Waals surface area (Å²) in [6.07, 6.45) is 5.22. The van der Waals surface area contributed by atoms with Gasteiger partial charge in [0.15, 0.2) is 5.82 Å². The molecule has 0 atom stereocenters. The van der Waals surface area contributed by atoms with Gasteiger partial charge >= 0.3 is 0 Å². The molecule has 0 amide bonds. The lowest BCUT2D eigenvalue weighted by molar-refractivity contribution is 0.141. The molecule has 1 fully saturated rings. The minimum absolute atomic E-state index is 0.0741. The highest BCUT2D eigenvalue weighted by Crippen LogP contribution is 2.43. The lowest BCUT2D eigenvalue weighted by Gasteiger charge is -2.18. The average molecular weight is 192 g/mol. The monoisotopic (exact) mass is 192 g/mol. The Morgan fingerprint density at radius 1 is 1.21 bits per heavy atom. The van der Waals surface area contributed by atoms with Crippen molar-refractivity contribution >= 4 is 0 Å². The molecule has 1 N–H and O–H groups in total. The first-order valence-electron chi connectivity index (χ1n) is 4.97. The van der Waals surface area contributed by atoms with Crippen LogP contribution in [0.2, 0.25) is 0 Å². The van der Waals surface area contributed by atoms with E-state index >= 15 is 0 Å². The van der Waals surface area contributed by atoms with E-state index in [0.29, 0.717) is 5.82 Å². The average Bonchev–Trinajstić information content (AvgIpc) is 2.84. The Hall–Kier alpha value is -0.960. The number of hydrogen-bond acceptors (Lipinski definition) is 3. The molecule has 1 aromatic heterocycles. The summed E-state index contributed by atoms with van der Waals surface area (Å²) in [6.45, 7) is 6.37. The van der Waals surface area contributed by atoms with Crippen molar-refractivity contribution in [2.45, 2.75) is 44.6 Å². The fourth-order valence-corrected chi connectivity index (χ4v) is 1.30. The van der Waals surface area contributed by atoms with Crippen LogP contribution in [0.15, 0.2) is 12.4 Å². The molecule has 3 nitrogen and oxygen atoms in total. The molecule has 1 aliphatic carbocycles. The van der Waals surface area contributed by atoms with Crippen LogP contribution in [0.1, 0.15) is 45.0 Å². The molecule has 1 saturated carbocycles. The van der Waals surface area contributed by atoms with Crippen LogP contribution in [0, 0.1) is 0 Å². The molecule has 1 aromatic rings. The van der Waals surface area contributed by atoms with E-state index in [2.05, 4.69) is 30.7 Å². The molecule has 0 spiro atoms. The molecule has 2 rings (SSSR count). The Morgan fingerprint density at radius 3 is 2.07 bits per heavy atom. The van der Waals surface area contributed by atoms with Crippen molar-refractivity contribution in [2.24, 2.45) is 0 Å². The summed E-state index contributed by atoms with van der Waals surface area (Å²) in [5.41, 5.74) is 0.465. The number of nitrogens with zero attached hydrogens (tertiary/aromatic N) is 2. The van der Waals surface area contributed by atoms with Crippen LogP contribution >= 0.6 is 0 Å². The summed E-state index contributed by atoms with van der Waals surface area (Å²) in [5.74, 6) is 0.575. The number of aliphatic hydroxyl groups is 1. The van der Waals surface area contributed by atoms with Crippen LogP contribution in [0.3, 0.4) is 0 Å². The van der Waals surface area contributed by atoms with Crippen molar-refractivity contribution in [3.8, 4) is 0 Å². The zero-order chi connectivity index (χ0) is 10.4. The van der Waals surface area contributed by atoms with Gasteiger partial charge in [0.1, 0.15) is 5.60 Å². The van der Waals surface area contributed by atoms with Crippen molar-refractivity contribution in [2.75, 3.05) is 0 Å². The Kier molecular flexibility index (Phi) is 1.89. The Morgan fingerprint density at radius 2 is 1.71 bits per heavy atom. The van der Waals surface area contributed by atoms with Crippen LogP contribution in [-0.2, 0) is 11.0 Å². The molecule has 1 aliphatic rings. The van der Waals surface area contributed by atoms with Gasteiger partial charge in [0.25, 0.3) is 0 Å². The zero-order valence-electron chi connectivity index (χ0n) is 8.91. The van der Waals surface area contributed by atoms with E-state index in [1.54, 1.807) is 0 Å². The summed E-state index contributed by atoms with van der Waals surface area (Å²) in [6, 6.07) is 0. The van der Waals surface area contributed by atoms with Gasteiger partial charge in [-0.3, -0.25) is 0 Å². The summed E-state index contributed by atoms with van der Waals surface area (Å²) in [7, 11) is 0. The predicted molar refractivity (Wildman–Crippen MR) is 53.9 cm³/mol. The van der Waals surface area contributed by atoms with Crippen molar-refractivity contribution < 1.29 is 5.11 Å². The van der Waals surface area contributed by atoms with Crippen molar-refractivity contribution in [3.05, 3.63) is 23.8 Å². The third-order valence-electron chi connectivity index (χ3n) is 2.66. The van der Waals surface area contributed by atoms with Gasteiger partial charge in [-0.25, -0.2) is 9.97 Å². The third kappa shape index (κ3) is 1.64. The Balaban J connectivity index is 2.27. The number of hydrogen-bond donors (Lipinski definition) is 1. The minimum atomic E-state index is -0.712. The highest BCUT2D eigenvalue weighted by atomic mass is 16.3. The second kappa shape index (κ2) is 2.76. The summed E-state index contributed by atoms with van der Waals surface area (Å²) < 4.78 is 0. The van der Waals surface area contributed by atoms with Gasteiger partial charge < -0.3 is 5.11 Å². The lowest BCUT2D eigenvalue weighted by Crippen LogP contribution is -2.15. The number of rotatable bonds is 1. The lowest BCUT2D eigenvalue weighted by atomic mass is 9.89. The van der Waals surface area contributed by atoms with E-state index in [0.717, 1.165) is 18.4 Å². The van der Waals surface area contributed by atoms with Crippen molar-refractivity contribution in [1.82, 2.24) is 9.97 Å². The van der Waals surface area contributed by atoms with Gasteiger partial charge in [0.05, 0.1) is 0 Å². The molecule has 0 bridgehead atoms. The summed E-state index contributed by atoms with van der Waals surface area (Å²) >= 11 is 0. The molecule has 3 heteroatoms. The first kappa shape index (κ1) is 9.59. The second-order valence-corrected chi connectivity index (χ2v) is 5.08. The van der Waals surface area contributed by atoms with Crippen molar-refractivity contribution in [1.29, 1.82) is 0 Å². The number of aromatic nitrogens is 2. The van der Waals surface area contributed by atoms with E-state index in [-0.39, 0.29) is 5.41 Å². The minimum Gasteiger partial charge on any atom is -0.382 e. The van der Waals surface area contributed by atoms with E-state index < -0.39 is 5.60 Å².